The zero-order chi connectivity index (χ0) is 18.4. The lowest BCUT2D eigenvalue weighted by atomic mass is 10.2. The quantitative estimate of drug-likeness (QED) is 0.676. The van der Waals surface area contributed by atoms with Gasteiger partial charge in [0, 0.05) is 18.4 Å². The minimum Gasteiger partial charge on any atom is -0.497 e. The molecule has 0 unspecified atom stereocenters. The molecule has 1 amide bonds. The van der Waals surface area contributed by atoms with Crippen molar-refractivity contribution in [3.05, 3.63) is 54.2 Å². The Hall–Kier alpha value is -3.02. The van der Waals surface area contributed by atoms with Crippen molar-refractivity contribution in [2.24, 2.45) is 0 Å². The van der Waals surface area contributed by atoms with Crippen LogP contribution >= 0.6 is 0 Å². The van der Waals surface area contributed by atoms with Crippen molar-refractivity contribution in [2.75, 3.05) is 13.7 Å². The van der Waals surface area contributed by atoms with E-state index in [1.54, 1.807) is 13.3 Å². The third kappa shape index (κ3) is 4.33. The number of carbonyl (C=O) groups excluding carboxylic acids is 1. The van der Waals surface area contributed by atoms with Crippen LogP contribution in [0.3, 0.4) is 0 Å². The van der Waals surface area contributed by atoms with Crippen LogP contribution in [0.5, 0.6) is 11.5 Å². The number of aromatic nitrogens is 2. The second-order valence-electron chi connectivity index (χ2n) is 5.90. The Bertz CT molecular complexity index is 872. The third-order valence-corrected chi connectivity index (χ3v) is 4.12. The number of rotatable bonds is 8. The number of ether oxygens (including phenoxy) is 2. The van der Waals surface area contributed by atoms with Gasteiger partial charge in [0.15, 0.2) is 0 Å². The van der Waals surface area contributed by atoms with Crippen LogP contribution in [0, 0.1) is 0 Å². The van der Waals surface area contributed by atoms with Gasteiger partial charge in [-0.15, -0.1) is 0 Å². The molecule has 0 atom stereocenters. The minimum absolute atomic E-state index is 0.00366. The van der Waals surface area contributed by atoms with E-state index in [0.29, 0.717) is 26.1 Å². The van der Waals surface area contributed by atoms with Crippen molar-refractivity contribution in [1.82, 2.24) is 15.1 Å². The van der Waals surface area contributed by atoms with E-state index in [9.17, 15) is 4.79 Å². The summed E-state index contributed by atoms with van der Waals surface area (Å²) < 4.78 is 12.5. The monoisotopic (exact) mass is 353 g/mol. The first-order chi connectivity index (χ1) is 12.7. The maximum atomic E-state index is 12.1. The summed E-state index contributed by atoms with van der Waals surface area (Å²) in [6.07, 6.45) is 2.16. The zero-order valence-electron chi connectivity index (χ0n) is 15.1. The van der Waals surface area contributed by atoms with Gasteiger partial charge in [-0.25, -0.2) is 0 Å². The van der Waals surface area contributed by atoms with Crippen LogP contribution in [0.1, 0.15) is 18.9 Å². The summed E-state index contributed by atoms with van der Waals surface area (Å²) in [7, 11) is 1.64. The standard InChI is InChI=1S/C20H23N3O3/c1-3-26-17-6-4-15(5-7-17)13-21-20(24)10-11-23-19-9-8-18(25-2)12-16(19)14-22-23/h4-9,12,14H,3,10-11,13H2,1-2H3,(H,21,24). The van der Waals surface area contributed by atoms with Crippen molar-refractivity contribution in [2.45, 2.75) is 26.4 Å². The molecule has 0 saturated heterocycles. The number of benzene rings is 2. The lowest BCUT2D eigenvalue weighted by Gasteiger charge is -2.08. The predicted octanol–water partition coefficient (Wildman–Crippen LogP) is 3.15. The molecule has 136 valence electrons. The van der Waals surface area contributed by atoms with Crippen LogP contribution in [0.25, 0.3) is 10.9 Å². The van der Waals surface area contributed by atoms with Crippen LogP contribution in [-0.2, 0) is 17.9 Å². The highest BCUT2D eigenvalue weighted by Gasteiger charge is 2.07. The summed E-state index contributed by atoms with van der Waals surface area (Å²) in [5.41, 5.74) is 2.03. The molecule has 0 bridgehead atoms. The van der Waals surface area contributed by atoms with Crippen molar-refractivity contribution in [1.29, 1.82) is 0 Å². The maximum Gasteiger partial charge on any atom is 0.222 e. The van der Waals surface area contributed by atoms with Crippen molar-refractivity contribution < 1.29 is 14.3 Å². The molecule has 6 nitrogen and oxygen atoms in total. The fraction of sp³-hybridized carbons (Fsp3) is 0.300. The number of aryl methyl sites for hydroxylation is 1. The van der Waals surface area contributed by atoms with Gasteiger partial charge in [-0.2, -0.15) is 5.10 Å². The van der Waals surface area contributed by atoms with Gasteiger partial charge in [-0.3, -0.25) is 9.48 Å². The number of hydrogen-bond acceptors (Lipinski definition) is 4. The second kappa shape index (κ2) is 8.38. The number of fused-ring (bicyclic) bond motifs is 1. The Morgan fingerprint density at radius 3 is 2.65 bits per heavy atom. The summed E-state index contributed by atoms with van der Waals surface area (Å²) >= 11 is 0. The molecule has 26 heavy (non-hydrogen) atoms. The largest absolute Gasteiger partial charge is 0.497 e. The van der Waals surface area contributed by atoms with Gasteiger partial charge in [-0.1, -0.05) is 12.1 Å². The minimum atomic E-state index is -0.00366. The fourth-order valence-corrected chi connectivity index (χ4v) is 2.74. The number of nitrogens with one attached hydrogen (secondary N) is 1. The highest BCUT2D eigenvalue weighted by Crippen LogP contribution is 2.20. The lowest BCUT2D eigenvalue weighted by Crippen LogP contribution is -2.24. The summed E-state index contributed by atoms with van der Waals surface area (Å²) in [6, 6.07) is 13.5. The lowest BCUT2D eigenvalue weighted by molar-refractivity contribution is -0.121. The number of hydrogen-bond donors (Lipinski definition) is 1. The molecule has 3 rings (SSSR count). The Kier molecular flexibility index (Phi) is 5.73. The summed E-state index contributed by atoms with van der Waals surface area (Å²) in [5, 5.41) is 8.29. The summed E-state index contributed by atoms with van der Waals surface area (Å²) in [6.45, 7) is 3.63. The maximum absolute atomic E-state index is 12.1. The summed E-state index contributed by atoms with van der Waals surface area (Å²) in [5.74, 6) is 1.63. The first kappa shape index (κ1) is 17.8. The fourth-order valence-electron chi connectivity index (χ4n) is 2.74. The van der Waals surface area contributed by atoms with E-state index < -0.39 is 0 Å². The molecule has 0 spiro atoms. The van der Waals surface area contributed by atoms with Gasteiger partial charge >= 0.3 is 0 Å². The van der Waals surface area contributed by atoms with E-state index in [0.717, 1.165) is 28.0 Å². The Morgan fingerprint density at radius 2 is 1.92 bits per heavy atom. The summed E-state index contributed by atoms with van der Waals surface area (Å²) in [4.78, 5) is 12.1. The SMILES string of the molecule is CCOc1ccc(CNC(=O)CCn2ncc3cc(OC)ccc32)cc1. The smallest absolute Gasteiger partial charge is 0.222 e. The normalized spacial score (nSPS) is 10.7. The Morgan fingerprint density at radius 1 is 1.15 bits per heavy atom. The predicted molar refractivity (Wildman–Crippen MR) is 100 cm³/mol. The topological polar surface area (TPSA) is 65.4 Å². The van der Waals surface area contributed by atoms with Crippen LogP contribution in [-0.4, -0.2) is 29.4 Å². The first-order valence-corrected chi connectivity index (χ1v) is 8.67. The molecular weight excluding hydrogens is 330 g/mol. The van der Waals surface area contributed by atoms with Gasteiger partial charge in [0.1, 0.15) is 11.5 Å². The van der Waals surface area contributed by atoms with Crippen LogP contribution in [0.2, 0.25) is 0 Å². The van der Waals surface area contributed by atoms with Gasteiger partial charge < -0.3 is 14.8 Å². The molecule has 0 radical (unpaired) electrons. The third-order valence-electron chi connectivity index (χ3n) is 4.12. The molecule has 0 aliphatic heterocycles. The highest BCUT2D eigenvalue weighted by molar-refractivity contribution is 5.80. The molecule has 0 aliphatic rings. The molecular formula is C20H23N3O3. The Labute approximate surface area is 152 Å². The number of amides is 1. The average Bonchev–Trinajstić information content (AvgIpc) is 3.08. The number of nitrogens with zero attached hydrogens (tertiary/aromatic N) is 2. The average molecular weight is 353 g/mol. The van der Waals surface area contributed by atoms with Crippen molar-refractivity contribution in [3.8, 4) is 11.5 Å². The second-order valence-corrected chi connectivity index (χ2v) is 5.90. The van der Waals surface area contributed by atoms with E-state index in [4.69, 9.17) is 9.47 Å². The molecule has 6 heteroatoms. The van der Waals surface area contributed by atoms with Gasteiger partial charge in [0.25, 0.3) is 0 Å². The zero-order valence-corrected chi connectivity index (χ0v) is 15.1. The van der Waals surface area contributed by atoms with Crippen LogP contribution in [0.4, 0.5) is 0 Å². The van der Waals surface area contributed by atoms with E-state index in [-0.39, 0.29) is 5.91 Å². The van der Waals surface area contributed by atoms with Gasteiger partial charge in [0.2, 0.25) is 5.91 Å². The van der Waals surface area contributed by atoms with Crippen molar-refractivity contribution in [3.63, 3.8) is 0 Å². The Balaban J connectivity index is 1.51. The molecule has 0 aliphatic carbocycles. The molecule has 1 aromatic heterocycles. The molecule has 0 fully saturated rings. The highest BCUT2D eigenvalue weighted by atomic mass is 16.5. The van der Waals surface area contributed by atoms with E-state index in [2.05, 4.69) is 10.4 Å². The molecule has 0 saturated carbocycles. The molecule has 3 aromatic rings. The molecule has 2 aromatic carbocycles. The molecule has 1 N–H and O–H groups in total. The first-order valence-electron chi connectivity index (χ1n) is 8.67. The number of carbonyl (C=O) groups is 1. The van der Waals surface area contributed by atoms with Crippen LogP contribution < -0.4 is 14.8 Å². The van der Waals surface area contributed by atoms with Crippen molar-refractivity contribution >= 4 is 16.8 Å². The number of methoxy groups -OCH3 is 1. The van der Waals surface area contributed by atoms with Crippen LogP contribution in [0.15, 0.2) is 48.7 Å². The molecule has 1 heterocycles. The van der Waals surface area contributed by atoms with E-state index in [1.807, 2.05) is 54.1 Å². The van der Waals surface area contributed by atoms with Gasteiger partial charge in [-0.05, 0) is 42.8 Å². The van der Waals surface area contributed by atoms with Gasteiger partial charge in [0.05, 0.1) is 32.0 Å². The van der Waals surface area contributed by atoms with E-state index in [1.165, 1.54) is 0 Å². The van der Waals surface area contributed by atoms with E-state index >= 15 is 0 Å².